The minimum atomic E-state index is -3.13. The molecule has 1 aromatic carbocycles. The molecule has 0 saturated carbocycles. The molecule has 1 aliphatic rings. The Hall–Kier alpha value is -2.62. The third-order valence-corrected chi connectivity index (χ3v) is 15.1. The summed E-state index contributed by atoms with van der Waals surface area (Å²) in [6.07, 6.45) is 2.44. The van der Waals surface area contributed by atoms with Crippen LogP contribution in [0.15, 0.2) is 42.6 Å². The molecule has 2 unspecified atom stereocenters. The number of imidazole rings is 1. The number of halogens is 1. The average molecular weight is 576 g/mol. The molecule has 0 radical (unpaired) electrons. The maximum absolute atomic E-state index is 13.4. The quantitative estimate of drug-likeness (QED) is 0.239. The van der Waals surface area contributed by atoms with Gasteiger partial charge in [0.1, 0.15) is 0 Å². The first-order valence-corrected chi connectivity index (χ1v) is 16.8. The van der Waals surface area contributed by atoms with E-state index in [1.54, 1.807) is 10.7 Å². The SMILES string of the molecule is C=I1(C(=O)OC(C)(C)C)CCCN(C(=O)c2cn3nc(-c4ccc(C)cc4)ccc3n2)CC1C. The van der Waals surface area contributed by atoms with E-state index in [0.29, 0.717) is 24.4 Å². The Morgan fingerprint density at radius 2 is 1.85 bits per heavy atom. The predicted molar refractivity (Wildman–Crippen MR) is 145 cm³/mol. The van der Waals surface area contributed by atoms with Crippen LogP contribution in [-0.2, 0) is 4.74 Å². The topological polar surface area (TPSA) is 76.8 Å². The Kier molecular flexibility index (Phi) is 6.63. The number of aryl methyl sites for hydroxylation is 1. The van der Waals surface area contributed by atoms with Crippen LogP contribution in [0.4, 0.5) is 4.79 Å². The van der Waals surface area contributed by atoms with Gasteiger partial charge in [-0.15, -0.1) is 0 Å². The summed E-state index contributed by atoms with van der Waals surface area (Å²) in [5.41, 5.74) is 3.47. The molecule has 1 saturated heterocycles. The molecule has 3 heterocycles. The molecule has 7 nitrogen and oxygen atoms in total. The van der Waals surface area contributed by atoms with Crippen LogP contribution in [0.25, 0.3) is 16.9 Å². The van der Waals surface area contributed by atoms with E-state index in [0.717, 1.165) is 22.1 Å². The van der Waals surface area contributed by atoms with E-state index in [1.807, 2.05) is 63.8 Å². The normalized spacial score (nSPS) is 23.2. The fourth-order valence-electron chi connectivity index (χ4n) is 3.96. The van der Waals surface area contributed by atoms with Gasteiger partial charge in [-0.3, -0.25) is 0 Å². The molecule has 2 aromatic heterocycles. The fraction of sp³-hybridized carbons (Fsp3) is 0.423. The van der Waals surface area contributed by atoms with Gasteiger partial charge in [-0.05, 0) is 6.92 Å². The summed E-state index contributed by atoms with van der Waals surface area (Å²) in [7, 11) is 0. The van der Waals surface area contributed by atoms with Crippen molar-refractivity contribution in [3.8, 4) is 11.3 Å². The predicted octanol–water partition coefficient (Wildman–Crippen LogP) is 5.35. The first kappa shape index (κ1) is 24.5. The first-order chi connectivity index (χ1) is 16.0. The van der Waals surface area contributed by atoms with E-state index in [2.05, 4.69) is 26.7 Å². The first-order valence-electron chi connectivity index (χ1n) is 11.5. The second kappa shape index (κ2) is 9.20. The molecule has 3 aromatic rings. The van der Waals surface area contributed by atoms with Crippen LogP contribution in [0.2, 0.25) is 0 Å². The Balaban J connectivity index is 1.54. The van der Waals surface area contributed by atoms with Crippen molar-refractivity contribution in [3.63, 3.8) is 0 Å². The van der Waals surface area contributed by atoms with E-state index in [1.165, 1.54) is 5.56 Å². The molecule has 2 atom stereocenters. The van der Waals surface area contributed by atoms with Crippen LogP contribution in [-0.4, -0.2) is 60.9 Å². The van der Waals surface area contributed by atoms with Crippen molar-refractivity contribution in [2.45, 2.75) is 50.6 Å². The molecule has 0 bridgehead atoms. The molecular weight excluding hydrogens is 543 g/mol. The molecule has 182 valence electrons. The van der Waals surface area contributed by atoms with E-state index in [4.69, 9.17) is 4.74 Å². The van der Waals surface area contributed by atoms with Crippen LogP contribution >= 0.6 is 18.0 Å². The number of rotatable bonds is 3. The van der Waals surface area contributed by atoms with Crippen LogP contribution in [0.1, 0.15) is 50.2 Å². The zero-order valence-corrected chi connectivity index (χ0v) is 22.7. The Morgan fingerprint density at radius 3 is 2.53 bits per heavy atom. The molecule has 0 aliphatic carbocycles. The molecule has 4 rings (SSSR count). The van der Waals surface area contributed by atoms with Gasteiger partial charge in [0.2, 0.25) is 0 Å². The van der Waals surface area contributed by atoms with Crippen LogP contribution < -0.4 is 0 Å². The minimum absolute atomic E-state index is 0.0245. The molecule has 0 spiro atoms. The number of alkyl halides is 2. The van der Waals surface area contributed by atoms with Gasteiger partial charge in [0.25, 0.3) is 0 Å². The summed E-state index contributed by atoms with van der Waals surface area (Å²) in [6.45, 7) is 10.8. The number of hydrogen-bond acceptors (Lipinski definition) is 5. The summed E-state index contributed by atoms with van der Waals surface area (Å²) in [6, 6.07) is 12.0. The number of benzene rings is 1. The second-order valence-corrected chi connectivity index (χ2v) is 19.0. The van der Waals surface area contributed by atoms with Crippen molar-refractivity contribution in [1.29, 1.82) is 0 Å². The van der Waals surface area contributed by atoms with E-state index < -0.39 is 23.6 Å². The zero-order valence-electron chi connectivity index (χ0n) is 20.5. The molecule has 1 aliphatic heterocycles. The zero-order chi connectivity index (χ0) is 24.7. The Morgan fingerprint density at radius 1 is 1.15 bits per heavy atom. The monoisotopic (exact) mass is 576 g/mol. The van der Waals surface area contributed by atoms with Crippen molar-refractivity contribution >= 4 is 38.0 Å². The van der Waals surface area contributed by atoms with Crippen molar-refractivity contribution in [2.24, 2.45) is 0 Å². The standard InChI is InChI=1S/C26H33IN4O3/c1-18-8-10-20(11-9-18)21-12-13-23-28-22(17-31(23)29-21)24(32)30-15-7-14-27(6,19(2)16-30)25(33)34-26(3,4)5/h8-13,17,19H,6-7,14-16H2,1-5H3. The Labute approximate surface area is 204 Å². The van der Waals surface area contributed by atoms with Gasteiger partial charge >= 0.3 is 193 Å². The van der Waals surface area contributed by atoms with Crippen LogP contribution in [0, 0.1) is 6.92 Å². The summed E-state index contributed by atoms with van der Waals surface area (Å²) in [4.78, 5) is 32.7. The van der Waals surface area contributed by atoms with Gasteiger partial charge in [-0.2, -0.15) is 0 Å². The number of nitrogens with zero attached hydrogens (tertiary/aromatic N) is 4. The van der Waals surface area contributed by atoms with E-state index >= 15 is 0 Å². The average Bonchev–Trinajstić information content (AvgIpc) is 3.13. The van der Waals surface area contributed by atoms with Crippen molar-refractivity contribution < 1.29 is 14.3 Å². The molecule has 1 amide bonds. The van der Waals surface area contributed by atoms with Gasteiger partial charge in [-0.1, -0.05) is 5.56 Å². The van der Waals surface area contributed by atoms with Gasteiger partial charge < -0.3 is 0 Å². The maximum atomic E-state index is 13.4. The number of hydrogen-bond donors (Lipinski definition) is 0. The number of amides is 1. The third kappa shape index (κ3) is 5.06. The Bertz CT molecular complexity index is 1270. The number of fused-ring (bicyclic) bond motifs is 1. The van der Waals surface area contributed by atoms with Crippen molar-refractivity contribution in [3.05, 3.63) is 53.9 Å². The van der Waals surface area contributed by atoms with Gasteiger partial charge in [0, 0.05) is 0 Å². The molecule has 0 N–H and O–H groups in total. The second-order valence-electron chi connectivity index (χ2n) is 9.91. The van der Waals surface area contributed by atoms with E-state index in [-0.39, 0.29) is 13.8 Å². The summed E-state index contributed by atoms with van der Waals surface area (Å²) >= 11 is -3.13. The molecule has 1 fully saturated rings. The number of carbonyl (C=O) groups is 2. The van der Waals surface area contributed by atoms with Crippen molar-refractivity contribution in [1.82, 2.24) is 19.5 Å². The summed E-state index contributed by atoms with van der Waals surface area (Å²) < 4.78 is 12.5. The number of carbonyl (C=O) groups excluding carboxylic acids is 2. The molecular formula is C26H33IN4O3. The van der Waals surface area contributed by atoms with Gasteiger partial charge in [0.05, 0.1) is 0 Å². The molecule has 34 heavy (non-hydrogen) atoms. The van der Waals surface area contributed by atoms with Crippen LogP contribution in [0.3, 0.4) is 0 Å². The number of aromatic nitrogens is 3. The third-order valence-electron chi connectivity index (χ3n) is 5.95. The van der Waals surface area contributed by atoms with Gasteiger partial charge in [-0.25, -0.2) is 0 Å². The van der Waals surface area contributed by atoms with E-state index in [9.17, 15) is 9.59 Å². The molecule has 8 heteroatoms. The van der Waals surface area contributed by atoms with Crippen molar-refractivity contribution in [2.75, 3.05) is 17.5 Å². The van der Waals surface area contributed by atoms with Gasteiger partial charge in [0.15, 0.2) is 0 Å². The number of ether oxygens (including phenoxy) is 1. The summed E-state index contributed by atoms with van der Waals surface area (Å²) in [5, 5.41) is 4.66. The van der Waals surface area contributed by atoms with Crippen LogP contribution in [0.5, 0.6) is 0 Å². The fourth-order valence-corrected chi connectivity index (χ4v) is 10.4. The summed E-state index contributed by atoms with van der Waals surface area (Å²) in [5.74, 6) is -0.135.